The van der Waals surface area contributed by atoms with E-state index >= 15 is 0 Å². The highest BCUT2D eigenvalue weighted by molar-refractivity contribution is 7.89. The Labute approximate surface area is 122 Å². The molecule has 0 heterocycles. The summed E-state index contributed by atoms with van der Waals surface area (Å²) in [4.78, 5) is 0.362. The summed E-state index contributed by atoms with van der Waals surface area (Å²) < 4.78 is 27.1. The van der Waals surface area contributed by atoms with Crippen molar-refractivity contribution >= 4 is 10.0 Å². The lowest BCUT2D eigenvalue weighted by Gasteiger charge is -2.15. The lowest BCUT2D eigenvalue weighted by atomic mass is 10.1. The summed E-state index contributed by atoms with van der Waals surface area (Å²) >= 11 is 0. The van der Waals surface area contributed by atoms with Gasteiger partial charge in [-0.25, -0.2) is 13.1 Å². The van der Waals surface area contributed by atoms with Crippen LogP contribution in [0.2, 0.25) is 0 Å². The number of hydrogen-bond acceptors (Lipinski definition) is 3. The Balaban J connectivity index is 2.07. The first kappa shape index (κ1) is 15.5. The van der Waals surface area contributed by atoms with Gasteiger partial charge in [0.15, 0.2) is 0 Å². The van der Waals surface area contributed by atoms with Crippen molar-refractivity contribution in [2.24, 2.45) is 5.92 Å². The highest BCUT2D eigenvalue weighted by Gasteiger charge is 2.24. The highest BCUT2D eigenvalue weighted by atomic mass is 32.2. The van der Waals surface area contributed by atoms with Crippen molar-refractivity contribution in [2.45, 2.75) is 44.0 Å². The summed E-state index contributed by atoms with van der Waals surface area (Å²) in [6.07, 6.45) is 3.34. The maximum absolute atomic E-state index is 12.2. The van der Waals surface area contributed by atoms with Gasteiger partial charge in [-0.05, 0) is 56.3 Å². The fraction of sp³-hybridized carbons (Fsp3) is 0.600. The van der Waals surface area contributed by atoms with Crippen molar-refractivity contribution < 1.29 is 8.42 Å². The number of nitrogens with one attached hydrogen (secondary N) is 2. The third kappa shape index (κ3) is 4.30. The molecule has 0 spiro atoms. The average molecular weight is 296 g/mol. The Bertz CT molecular complexity index is 539. The van der Waals surface area contributed by atoms with E-state index in [4.69, 9.17) is 0 Å². The fourth-order valence-electron chi connectivity index (χ4n) is 2.06. The second-order valence-electron chi connectivity index (χ2n) is 5.54. The van der Waals surface area contributed by atoms with Gasteiger partial charge in [-0.15, -0.1) is 0 Å². The molecule has 4 nitrogen and oxygen atoms in total. The molecule has 0 aliphatic heterocycles. The van der Waals surface area contributed by atoms with Gasteiger partial charge in [-0.1, -0.05) is 19.1 Å². The Morgan fingerprint density at radius 1 is 1.35 bits per heavy atom. The van der Waals surface area contributed by atoms with Crippen molar-refractivity contribution in [3.8, 4) is 0 Å². The van der Waals surface area contributed by atoms with Crippen molar-refractivity contribution in [3.05, 3.63) is 29.8 Å². The van der Waals surface area contributed by atoms with Gasteiger partial charge in [0.25, 0.3) is 0 Å². The van der Waals surface area contributed by atoms with Crippen LogP contribution in [-0.4, -0.2) is 21.5 Å². The van der Waals surface area contributed by atoms with E-state index in [1.54, 1.807) is 12.1 Å². The van der Waals surface area contributed by atoms with Gasteiger partial charge < -0.3 is 5.32 Å². The molecule has 1 saturated carbocycles. The Kier molecular flexibility index (Phi) is 5.18. The Morgan fingerprint density at radius 3 is 2.75 bits per heavy atom. The molecule has 1 aliphatic carbocycles. The summed E-state index contributed by atoms with van der Waals surface area (Å²) in [7, 11) is -3.37. The first-order valence-corrected chi connectivity index (χ1v) is 8.84. The lowest BCUT2D eigenvalue weighted by molar-refractivity contribution is 0.566. The Morgan fingerprint density at radius 2 is 2.10 bits per heavy atom. The fourth-order valence-corrected chi connectivity index (χ4v) is 3.23. The molecule has 1 aromatic carbocycles. The van der Waals surface area contributed by atoms with Gasteiger partial charge in [0, 0.05) is 12.6 Å². The van der Waals surface area contributed by atoms with Crippen LogP contribution in [0, 0.1) is 5.92 Å². The van der Waals surface area contributed by atoms with E-state index in [2.05, 4.69) is 23.9 Å². The normalized spacial score (nSPS) is 17.1. The predicted octanol–water partition coefficient (Wildman–Crippen LogP) is 2.44. The van der Waals surface area contributed by atoms with Crippen LogP contribution in [0.4, 0.5) is 0 Å². The molecule has 0 bridgehead atoms. The minimum atomic E-state index is -3.37. The molecule has 20 heavy (non-hydrogen) atoms. The minimum Gasteiger partial charge on any atom is -0.310 e. The zero-order valence-corrected chi connectivity index (χ0v) is 13.0. The van der Waals surface area contributed by atoms with E-state index in [0.717, 1.165) is 31.4 Å². The monoisotopic (exact) mass is 296 g/mol. The molecule has 2 N–H and O–H groups in total. The van der Waals surface area contributed by atoms with Crippen LogP contribution in [0.3, 0.4) is 0 Å². The van der Waals surface area contributed by atoms with Crippen molar-refractivity contribution in [1.29, 1.82) is 0 Å². The number of benzene rings is 1. The van der Waals surface area contributed by atoms with E-state index in [9.17, 15) is 8.42 Å². The second kappa shape index (κ2) is 6.70. The van der Waals surface area contributed by atoms with E-state index in [1.807, 2.05) is 12.1 Å². The first-order valence-electron chi connectivity index (χ1n) is 7.36. The van der Waals surface area contributed by atoms with Crippen LogP contribution >= 0.6 is 0 Å². The van der Waals surface area contributed by atoms with Crippen molar-refractivity contribution in [3.63, 3.8) is 0 Å². The van der Waals surface area contributed by atoms with Crippen LogP contribution in [0.25, 0.3) is 0 Å². The molecule has 0 amide bonds. The van der Waals surface area contributed by atoms with Gasteiger partial charge in [0.05, 0.1) is 4.90 Å². The zero-order valence-electron chi connectivity index (χ0n) is 12.2. The standard InChI is InChI=1S/C15H24N2O2S/c1-3-9-16-12(2)14-5-4-6-15(10-14)20(18,19)17-11-13-7-8-13/h4-6,10,12-13,16-17H,3,7-9,11H2,1-2H3. The highest BCUT2D eigenvalue weighted by Crippen LogP contribution is 2.28. The molecule has 0 saturated heterocycles. The summed E-state index contributed by atoms with van der Waals surface area (Å²) in [6.45, 7) is 5.66. The molecule has 1 aromatic rings. The summed E-state index contributed by atoms with van der Waals surface area (Å²) in [6, 6.07) is 7.36. The van der Waals surface area contributed by atoms with Crippen LogP contribution in [0.1, 0.15) is 44.7 Å². The van der Waals surface area contributed by atoms with Crippen LogP contribution < -0.4 is 10.0 Å². The van der Waals surface area contributed by atoms with E-state index < -0.39 is 10.0 Å². The van der Waals surface area contributed by atoms with Crippen LogP contribution in [0.15, 0.2) is 29.2 Å². The number of hydrogen-bond donors (Lipinski definition) is 2. The van der Waals surface area contributed by atoms with Gasteiger partial charge in [0.1, 0.15) is 0 Å². The van der Waals surface area contributed by atoms with Gasteiger partial charge in [0.2, 0.25) is 10.0 Å². The average Bonchev–Trinajstić information content (AvgIpc) is 3.27. The van der Waals surface area contributed by atoms with Gasteiger partial charge >= 0.3 is 0 Å². The molecule has 0 radical (unpaired) electrons. The maximum atomic E-state index is 12.2. The van der Waals surface area contributed by atoms with Gasteiger partial charge in [-0.3, -0.25) is 0 Å². The van der Waals surface area contributed by atoms with Gasteiger partial charge in [-0.2, -0.15) is 0 Å². The summed E-state index contributed by atoms with van der Waals surface area (Å²) in [5.41, 5.74) is 1.01. The van der Waals surface area contributed by atoms with Crippen LogP contribution in [-0.2, 0) is 10.0 Å². The second-order valence-corrected chi connectivity index (χ2v) is 7.31. The quantitative estimate of drug-likeness (QED) is 0.774. The molecular formula is C15H24N2O2S. The lowest BCUT2D eigenvalue weighted by Crippen LogP contribution is -2.26. The topological polar surface area (TPSA) is 58.2 Å². The van der Waals surface area contributed by atoms with E-state index in [-0.39, 0.29) is 6.04 Å². The molecule has 5 heteroatoms. The molecule has 1 aliphatic rings. The predicted molar refractivity (Wildman–Crippen MR) is 81.1 cm³/mol. The zero-order chi connectivity index (χ0) is 14.6. The minimum absolute atomic E-state index is 0.161. The molecule has 112 valence electrons. The largest absolute Gasteiger partial charge is 0.310 e. The van der Waals surface area contributed by atoms with Crippen molar-refractivity contribution in [2.75, 3.05) is 13.1 Å². The smallest absolute Gasteiger partial charge is 0.240 e. The first-order chi connectivity index (χ1) is 9.53. The van der Waals surface area contributed by atoms with Crippen molar-refractivity contribution in [1.82, 2.24) is 10.0 Å². The molecule has 0 aromatic heterocycles. The van der Waals surface area contributed by atoms with E-state index in [0.29, 0.717) is 17.4 Å². The number of sulfonamides is 1. The van der Waals surface area contributed by atoms with E-state index in [1.165, 1.54) is 0 Å². The maximum Gasteiger partial charge on any atom is 0.240 e. The molecule has 1 unspecified atom stereocenters. The molecule has 1 fully saturated rings. The molecule has 1 atom stereocenters. The SMILES string of the molecule is CCCNC(C)c1cccc(S(=O)(=O)NCC2CC2)c1. The third-order valence-corrected chi connectivity index (χ3v) is 5.05. The molecular weight excluding hydrogens is 272 g/mol. The number of rotatable bonds is 8. The van der Waals surface area contributed by atoms with Crippen LogP contribution in [0.5, 0.6) is 0 Å². The summed E-state index contributed by atoms with van der Waals surface area (Å²) in [5, 5.41) is 3.37. The Hall–Kier alpha value is -0.910. The third-order valence-electron chi connectivity index (χ3n) is 3.63. The summed E-state index contributed by atoms with van der Waals surface area (Å²) in [5.74, 6) is 0.540. The molecule has 2 rings (SSSR count).